The van der Waals surface area contributed by atoms with Crippen LogP contribution < -0.4 is 10.6 Å². The molecule has 0 amide bonds. The first-order chi connectivity index (χ1) is 11.4. The zero-order valence-electron chi connectivity index (χ0n) is 13.3. The Morgan fingerprint density at radius 2 is 1.92 bits per heavy atom. The van der Waals surface area contributed by atoms with Gasteiger partial charge < -0.3 is 15.7 Å². The molecule has 0 aliphatic carbocycles. The van der Waals surface area contributed by atoms with Crippen LogP contribution in [0.2, 0.25) is 0 Å². The zero-order chi connectivity index (χ0) is 17.2. The molecule has 1 aliphatic heterocycles. The van der Waals surface area contributed by atoms with Gasteiger partial charge >= 0.3 is 6.18 Å². The van der Waals surface area contributed by atoms with E-state index >= 15 is 0 Å². The first-order valence-electron chi connectivity index (χ1n) is 7.74. The molecular formula is C16H20ClF3N4O. The van der Waals surface area contributed by atoms with Gasteiger partial charge in [0.15, 0.2) is 0 Å². The molecule has 25 heavy (non-hydrogen) atoms. The Kier molecular flexibility index (Phi) is 6.45. The number of halogens is 4. The van der Waals surface area contributed by atoms with Crippen LogP contribution >= 0.6 is 12.4 Å². The molecule has 2 atom stereocenters. The normalized spacial score (nSPS) is 20.5. The van der Waals surface area contributed by atoms with Crippen molar-refractivity contribution in [1.29, 1.82) is 0 Å². The van der Waals surface area contributed by atoms with E-state index in [1.165, 1.54) is 12.1 Å². The lowest BCUT2D eigenvalue weighted by Crippen LogP contribution is -2.30. The Bertz CT molecular complexity index is 675. The van der Waals surface area contributed by atoms with E-state index in [-0.39, 0.29) is 24.4 Å². The second-order valence-electron chi connectivity index (χ2n) is 5.96. The largest absolute Gasteiger partial charge is 0.416 e. The highest BCUT2D eigenvalue weighted by Gasteiger charge is 2.30. The SMILES string of the molecule is Cl.OC1CNCC1CNCc1cn[nH]c1-c1ccc(C(F)(F)F)cc1. The third-order valence-corrected chi connectivity index (χ3v) is 4.24. The summed E-state index contributed by atoms with van der Waals surface area (Å²) in [6.07, 6.45) is -3.03. The first kappa shape index (κ1) is 19.7. The second-order valence-corrected chi connectivity index (χ2v) is 5.96. The molecule has 0 bridgehead atoms. The average molecular weight is 377 g/mol. The maximum atomic E-state index is 12.6. The van der Waals surface area contributed by atoms with Gasteiger partial charge in [-0.2, -0.15) is 18.3 Å². The molecule has 0 radical (unpaired) electrons. The van der Waals surface area contributed by atoms with E-state index in [1.54, 1.807) is 6.20 Å². The molecule has 5 nitrogen and oxygen atoms in total. The second kappa shape index (κ2) is 8.18. The lowest BCUT2D eigenvalue weighted by Gasteiger charge is -2.14. The van der Waals surface area contributed by atoms with Crippen LogP contribution in [0.25, 0.3) is 11.3 Å². The zero-order valence-corrected chi connectivity index (χ0v) is 14.1. The van der Waals surface area contributed by atoms with Gasteiger partial charge in [-0.25, -0.2) is 0 Å². The summed E-state index contributed by atoms with van der Waals surface area (Å²) in [7, 11) is 0. The van der Waals surface area contributed by atoms with Crippen molar-refractivity contribution in [2.45, 2.75) is 18.8 Å². The summed E-state index contributed by atoms with van der Waals surface area (Å²) < 4.78 is 37.9. The summed E-state index contributed by atoms with van der Waals surface area (Å²) in [6, 6.07) is 5.00. The van der Waals surface area contributed by atoms with E-state index in [2.05, 4.69) is 20.8 Å². The predicted octanol–water partition coefficient (Wildman–Crippen LogP) is 2.19. The average Bonchev–Trinajstić information content (AvgIpc) is 3.16. The topological polar surface area (TPSA) is 73.0 Å². The van der Waals surface area contributed by atoms with Crippen LogP contribution in [0.15, 0.2) is 30.5 Å². The summed E-state index contributed by atoms with van der Waals surface area (Å²) >= 11 is 0. The molecule has 1 saturated heterocycles. The van der Waals surface area contributed by atoms with Gasteiger partial charge in [0, 0.05) is 37.7 Å². The molecule has 2 aromatic rings. The van der Waals surface area contributed by atoms with Crippen molar-refractivity contribution in [3.8, 4) is 11.3 Å². The highest BCUT2D eigenvalue weighted by molar-refractivity contribution is 5.85. The van der Waals surface area contributed by atoms with Crippen molar-refractivity contribution in [1.82, 2.24) is 20.8 Å². The Morgan fingerprint density at radius 3 is 2.52 bits per heavy atom. The number of benzene rings is 1. The quantitative estimate of drug-likeness (QED) is 0.645. The number of hydrogen-bond donors (Lipinski definition) is 4. The Hall–Kier alpha value is -1.61. The lowest BCUT2D eigenvalue weighted by atomic mass is 10.0. The molecule has 1 aromatic carbocycles. The van der Waals surface area contributed by atoms with Gasteiger partial charge in [-0.1, -0.05) is 12.1 Å². The van der Waals surface area contributed by atoms with E-state index in [0.717, 1.165) is 24.2 Å². The Morgan fingerprint density at radius 1 is 1.20 bits per heavy atom. The molecule has 1 aliphatic rings. The van der Waals surface area contributed by atoms with E-state index in [4.69, 9.17) is 0 Å². The molecule has 9 heteroatoms. The van der Waals surface area contributed by atoms with Gasteiger partial charge in [-0.15, -0.1) is 12.4 Å². The van der Waals surface area contributed by atoms with Crippen molar-refractivity contribution < 1.29 is 18.3 Å². The van der Waals surface area contributed by atoms with Crippen molar-refractivity contribution in [2.24, 2.45) is 5.92 Å². The fourth-order valence-corrected chi connectivity index (χ4v) is 2.84. The van der Waals surface area contributed by atoms with Gasteiger partial charge in [0.1, 0.15) is 0 Å². The summed E-state index contributed by atoms with van der Waals surface area (Å²) in [4.78, 5) is 0. The number of aromatic nitrogens is 2. The monoisotopic (exact) mass is 376 g/mol. The molecule has 2 heterocycles. The third-order valence-electron chi connectivity index (χ3n) is 4.24. The number of nitrogens with one attached hydrogen (secondary N) is 3. The van der Waals surface area contributed by atoms with E-state index < -0.39 is 11.7 Å². The number of alkyl halides is 3. The molecule has 0 spiro atoms. The van der Waals surface area contributed by atoms with Crippen molar-refractivity contribution in [2.75, 3.05) is 19.6 Å². The molecule has 0 saturated carbocycles. The summed E-state index contributed by atoms with van der Waals surface area (Å²) in [5.74, 6) is 0.159. The summed E-state index contributed by atoms with van der Waals surface area (Å²) in [6.45, 7) is 2.56. The molecule has 2 unspecified atom stereocenters. The maximum Gasteiger partial charge on any atom is 0.416 e. The van der Waals surface area contributed by atoms with Crippen LogP contribution in [0, 0.1) is 5.92 Å². The van der Waals surface area contributed by atoms with E-state index in [9.17, 15) is 18.3 Å². The highest BCUT2D eigenvalue weighted by atomic mass is 35.5. The number of nitrogens with zero attached hydrogens (tertiary/aromatic N) is 1. The minimum absolute atomic E-state index is 0. The number of aliphatic hydroxyl groups is 1. The van der Waals surface area contributed by atoms with Crippen LogP contribution in [-0.2, 0) is 12.7 Å². The Balaban J connectivity index is 0.00000225. The summed E-state index contributed by atoms with van der Waals surface area (Å²) in [5.41, 5.74) is 1.55. The standard InChI is InChI=1S/C16H19F3N4O.ClH/c17-16(18,19)13-3-1-10(2-4-13)15-12(8-22-23-15)7-20-5-11-6-21-9-14(11)24;/h1-4,8,11,14,20-21,24H,5-7,9H2,(H,22,23);1H. The van der Waals surface area contributed by atoms with Crippen LogP contribution in [-0.4, -0.2) is 41.0 Å². The van der Waals surface area contributed by atoms with Crippen molar-refractivity contribution in [3.63, 3.8) is 0 Å². The van der Waals surface area contributed by atoms with Gasteiger partial charge in [-0.05, 0) is 17.7 Å². The van der Waals surface area contributed by atoms with Crippen molar-refractivity contribution in [3.05, 3.63) is 41.6 Å². The number of aliphatic hydroxyl groups excluding tert-OH is 1. The van der Waals surface area contributed by atoms with Crippen LogP contribution in [0.5, 0.6) is 0 Å². The smallest absolute Gasteiger partial charge is 0.391 e. The summed E-state index contributed by atoms with van der Waals surface area (Å²) in [5, 5.41) is 23.0. The van der Waals surface area contributed by atoms with Crippen LogP contribution in [0.3, 0.4) is 0 Å². The van der Waals surface area contributed by atoms with E-state index in [1.807, 2.05) is 0 Å². The molecule has 4 N–H and O–H groups in total. The predicted molar refractivity (Wildman–Crippen MR) is 90.3 cm³/mol. The van der Waals surface area contributed by atoms with Gasteiger partial charge in [0.2, 0.25) is 0 Å². The molecule has 3 rings (SSSR count). The fraction of sp³-hybridized carbons (Fsp3) is 0.438. The minimum Gasteiger partial charge on any atom is -0.391 e. The minimum atomic E-state index is -4.34. The molecule has 138 valence electrons. The maximum absolute atomic E-state index is 12.6. The number of rotatable bonds is 5. The lowest BCUT2D eigenvalue weighted by molar-refractivity contribution is -0.137. The van der Waals surface area contributed by atoms with Crippen LogP contribution in [0.4, 0.5) is 13.2 Å². The number of H-pyrrole nitrogens is 1. The van der Waals surface area contributed by atoms with Gasteiger partial charge in [0.25, 0.3) is 0 Å². The molecule has 1 fully saturated rings. The number of aromatic amines is 1. The fourth-order valence-electron chi connectivity index (χ4n) is 2.84. The van der Waals surface area contributed by atoms with Crippen molar-refractivity contribution >= 4 is 12.4 Å². The number of β-amino-alcohol motifs (C(OH)–C–C–N with tert-alkyl or cyclic N) is 1. The van der Waals surface area contributed by atoms with Crippen LogP contribution in [0.1, 0.15) is 11.1 Å². The third kappa shape index (κ3) is 4.72. The van der Waals surface area contributed by atoms with E-state index in [0.29, 0.717) is 30.9 Å². The highest BCUT2D eigenvalue weighted by Crippen LogP contribution is 2.31. The van der Waals surface area contributed by atoms with Gasteiger partial charge in [-0.3, -0.25) is 5.10 Å². The number of hydrogen-bond acceptors (Lipinski definition) is 4. The van der Waals surface area contributed by atoms with Gasteiger partial charge in [0.05, 0.1) is 23.6 Å². The first-order valence-corrected chi connectivity index (χ1v) is 7.74. The Labute approximate surface area is 149 Å². The molecule has 1 aromatic heterocycles. The molecular weight excluding hydrogens is 357 g/mol.